The van der Waals surface area contributed by atoms with Gasteiger partial charge < -0.3 is 19.5 Å². The molecule has 6 heteroatoms. The van der Waals surface area contributed by atoms with Gasteiger partial charge in [-0.05, 0) is 24.6 Å². The maximum Gasteiger partial charge on any atom is 0.410 e. The number of carbonyl (C=O) groups is 1. The van der Waals surface area contributed by atoms with E-state index in [1.807, 2.05) is 6.07 Å². The fraction of sp³-hybridized carbons (Fsp3) is 0.500. The van der Waals surface area contributed by atoms with E-state index >= 15 is 0 Å². The summed E-state index contributed by atoms with van der Waals surface area (Å²) in [5.74, 6) is 0.910. The zero-order valence-corrected chi connectivity index (χ0v) is 12.9. The molecule has 1 aromatic heterocycles. The molecule has 2 fully saturated rings. The number of nitrogens with one attached hydrogen (secondary N) is 1. The van der Waals surface area contributed by atoms with Gasteiger partial charge in [0.25, 0.3) is 0 Å². The lowest BCUT2D eigenvalue weighted by Crippen LogP contribution is -2.47. The van der Waals surface area contributed by atoms with E-state index in [2.05, 4.69) is 33.9 Å². The Kier molecular flexibility index (Phi) is 2.82. The van der Waals surface area contributed by atoms with Crippen molar-refractivity contribution >= 4 is 23.1 Å². The zero-order chi connectivity index (χ0) is 15.3. The number of ether oxygens (including phenoxy) is 1. The standard InChI is InChI=1S/C16H20N4O2/c1-11-3-4-12-13(9-11)18-14(17-12)20-7-5-16(6-8-20)10-19(2)15(21)22-16/h3-4,9H,5-8,10H2,1-2H3,(H,17,18). The molecule has 2 saturated heterocycles. The third kappa shape index (κ3) is 2.10. The topological polar surface area (TPSA) is 61.5 Å². The Morgan fingerprint density at radius 3 is 2.77 bits per heavy atom. The molecular weight excluding hydrogens is 280 g/mol. The number of nitrogens with zero attached hydrogens (tertiary/aromatic N) is 3. The molecule has 0 radical (unpaired) electrons. The number of hydrogen-bond acceptors (Lipinski definition) is 4. The Morgan fingerprint density at radius 1 is 1.32 bits per heavy atom. The van der Waals surface area contributed by atoms with Crippen LogP contribution in [-0.2, 0) is 4.74 Å². The van der Waals surface area contributed by atoms with Crippen molar-refractivity contribution in [1.29, 1.82) is 0 Å². The van der Waals surface area contributed by atoms with Crippen molar-refractivity contribution in [3.63, 3.8) is 0 Å². The van der Waals surface area contributed by atoms with Gasteiger partial charge in [-0.25, -0.2) is 9.78 Å². The normalized spacial score (nSPS) is 20.9. The number of carbonyl (C=O) groups excluding carboxylic acids is 1. The Labute approximate surface area is 129 Å². The van der Waals surface area contributed by atoms with Crippen LogP contribution in [0.5, 0.6) is 0 Å². The van der Waals surface area contributed by atoms with Gasteiger partial charge >= 0.3 is 6.09 Å². The van der Waals surface area contributed by atoms with Crippen molar-refractivity contribution in [1.82, 2.24) is 14.9 Å². The number of hydrogen-bond donors (Lipinski definition) is 1. The third-order valence-electron chi connectivity index (χ3n) is 4.74. The number of imidazole rings is 1. The molecule has 3 heterocycles. The number of aryl methyl sites for hydroxylation is 1. The van der Waals surface area contributed by atoms with E-state index in [1.165, 1.54) is 5.56 Å². The molecule has 2 aliphatic heterocycles. The van der Waals surface area contributed by atoms with Crippen LogP contribution in [-0.4, -0.2) is 53.2 Å². The molecule has 0 aliphatic carbocycles. The first-order valence-corrected chi connectivity index (χ1v) is 7.70. The molecule has 1 N–H and O–H groups in total. The SMILES string of the molecule is Cc1ccc2nc(N3CCC4(CC3)CN(C)C(=O)O4)[nH]c2c1. The molecule has 0 unspecified atom stereocenters. The summed E-state index contributed by atoms with van der Waals surface area (Å²) >= 11 is 0. The summed E-state index contributed by atoms with van der Waals surface area (Å²) in [4.78, 5) is 23.6. The highest BCUT2D eigenvalue weighted by molar-refractivity contribution is 5.78. The fourth-order valence-corrected chi connectivity index (χ4v) is 3.44. The molecular formula is C16H20N4O2. The van der Waals surface area contributed by atoms with Crippen molar-refractivity contribution < 1.29 is 9.53 Å². The number of aromatic amines is 1. The van der Waals surface area contributed by atoms with Gasteiger partial charge in [-0.2, -0.15) is 0 Å². The number of anilines is 1. The molecule has 0 bridgehead atoms. The highest BCUT2D eigenvalue weighted by Crippen LogP contribution is 2.33. The summed E-state index contributed by atoms with van der Waals surface area (Å²) in [6, 6.07) is 6.24. The molecule has 1 amide bonds. The average Bonchev–Trinajstić information content (AvgIpc) is 3.01. The van der Waals surface area contributed by atoms with Gasteiger partial charge in [-0.1, -0.05) is 6.07 Å². The predicted octanol–water partition coefficient (Wildman–Crippen LogP) is 2.29. The molecule has 1 spiro atoms. The van der Waals surface area contributed by atoms with Crippen LogP contribution >= 0.6 is 0 Å². The van der Waals surface area contributed by atoms with E-state index in [-0.39, 0.29) is 11.7 Å². The summed E-state index contributed by atoms with van der Waals surface area (Å²) < 4.78 is 5.59. The van der Waals surface area contributed by atoms with Crippen LogP contribution in [0.15, 0.2) is 18.2 Å². The number of amides is 1. The van der Waals surface area contributed by atoms with Gasteiger partial charge in [-0.3, -0.25) is 0 Å². The summed E-state index contributed by atoms with van der Waals surface area (Å²) in [6.07, 6.45) is 1.49. The average molecular weight is 300 g/mol. The van der Waals surface area contributed by atoms with Gasteiger partial charge in [-0.15, -0.1) is 0 Å². The minimum absolute atomic E-state index is 0.201. The first-order chi connectivity index (χ1) is 10.5. The Bertz CT molecular complexity index is 731. The van der Waals surface area contributed by atoms with E-state index < -0.39 is 0 Å². The highest BCUT2D eigenvalue weighted by atomic mass is 16.6. The van der Waals surface area contributed by atoms with E-state index in [0.29, 0.717) is 6.54 Å². The molecule has 116 valence electrons. The molecule has 4 rings (SSSR count). The summed E-state index contributed by atoms with van der Waals surface area (Å²) in [5, 5.41) is 0. The van der Waals surface area contributed by atoms with Crippen LogP contribution < -0.4 is 4.90 Å². The highest BCUT2D eigenvalue weighted by Gasteiger charge is 2.45. The van der Waals surface area contributed by atoms with Crippen LogP contribution in [0.1, 0.15) is 18.4 Å². The minimum atomic E-state index is -0.301. The van der Waals surface area contributed by atoms with Crippen molar-refractivity contribution in [2.45, 2.75) is 25.4 Å². The molecule has 1 aromatic carbocycles. The van der Waals surface area contributed by atoms with Crippen LogP contribution in [0.25, 0.3) is 11.0 Å². The Morgan fingerprint density at radius 2 is 2.09 bits per heavy atom. The zero-order valence-electron chi connectivity index (χ0n) is 12.9. The van der Waals surface area contributed by atoms with Gasteiger partial charge in [0, 0.05) is 33.0 Å². The molecule has 2 aromatic rings. The van der Waals surface area contributed by atoms with Gasteiger partial charge in [0.15, 0.2) is 0 Å². The van der Waals surface area contributed by atoms with Crippen molar-refractivity contribution in [3.05, 3.63) is 23.8 Å². The van der Waals surface area contributed by atoms with Crippen molar-refractivity contribution in [2.24, 2.45) is 0 Å². The summed E-state index contributed by atoms with van der Waals surface area (Å²) in [5.41, 5.74) is 2.99. The summed E-state index contributed by atoms with van der Waals surface area (Å²) in [7, 11) is 1.80. The number of likely N-dealkylation sites (N-methyl/N-ethyl adjacent to an activating group) is 1. The van der Waals surface area contributed by atoms with E-state index in [1.54, 1.807) is 11.9 Å². The van der Waals surface area contributed by atoms with Crippen LogP contribution in [0.4, 0.5) is 10.7 Å². The maximum atomic E-state index is 11.6. The number of aromatic nitrogens is 2. The third-order valence-corrected chi connectivity index (χ3v) is 4.74. The number of piperidine rings is 1. The lowest BCUT2D eigenvalue weighted by molar-refractivity contribution is 0.0365. The first kappa shape index (κ1) is 13.4. The Hall–Kier alpha value is -2.24. The number of fused-ring (bicyclic) bond motifs is 1. The molecule has 0 atom stereocenters. The smallest absolute Gasteiger partial charge is 0.410 e. The van der Waals surface area contributed by atoms with Crippen LogP contribution in [0, 0.1) is 6.92 Å². The Balaban J connectivity index is 1.52. The molecule has 2 aliphatic rings. The number of benzene rings is 1. The minimum Gasteiger partial charge on any atom is -0.441 e. The number of H-pyrrole nitrogens is 1. The maximum absolute atomic E-state index is 11.6. The molecule has 6 nitrogen and oxygen atoms in total. The quantitative estimate of drug-likeness (QED) is 0.878. The van der Waals surface area contributed by atoms with Crippen LogP contribution in [0.3, 0.4) is 0 Å². The van der Waals surface area contributed by atoms with Gasteiger partial charge in [0.2, 0.25) is 5.95 Å². The second kappa shape index (κ2) is 4.63. The monoisotopic (exact) mass is 300 g/mol. The van der Waals surface area contributed by atoms with E-state index in [9.17, 15) is 4.79 Å². The number of rotatable bonds is 1. The molecule has 0 saturated carbocycles. The predicted molar refractivity (Wildman–Crippen MR) is 84.1 cm³/mol. The summed E-state index contributed by atoms with van der Waals surface area (Å²) in [6.45, 7) is 4.47. The first-order valence-electron chi connectivity index (χ1n) is 7.70. The second-order valence-corrected chi connectivity index (χ2v) is 6.48. The lowest BCUT2D eigenvalue weighted by Gasteiger charge is -2.37. The van der Waals surface area contributed by atoms with E-state index in [0.717, 1.165) is 42.9 Å². The van der Waals surface area contributed by atoms with Crippen molar-refractivity contribution in [3.8, 4) is 0 Å². The van der Waals surface area contributed by atoms with E-state index in [4.69, 9.17) is 4.74 Å². The van der Waals surface area contributed by atoms with Gasteiger partial charge in [0.05, 0.1) is 17.6 Å². The van der Waals surface area contributed by atoms with Gasteiger partial charge in [0.1, 0.15) is 5.60 Å². The lowest BCUT2D eigenvalue weighted by atomic mass is 9.91. The van der Waals surface area contributed by atoms with Crippen LogP contribution in [0.2, 0.25) is 0 Å². The second-order valence-electron chi connectivity index (χ2n) is 6.48. The largest absolute Gasteiger partial charge is 0.441 e. The fourth-order valence-electron chi connectivity index (χ4n) is 3.44. The van der Waals surface area contributed by atoms with Crippen molar-refractivity contribution in [2.75, 3.05) is 31.6 Å². The molecule has 22 heavy (non-hydrogen) atoms.